The Labute approximate surface area is 152 Å². The highest BCUT2D eigenvalue weighted by Gasteiger charge is 2.28. The van der Waals surface area contributed by atoms with E-state index in [1.165, 1.54) is 0 Å². The van der Waals surface area contributed by atoms with Crippen LogP contribution in [-0.2, 0) is 9.59 Å². The Balaban J connectivity index is 1.64. The van der Waals surface area contributed by atoms with E-state index in [2.05, 4.69) is 34.9 Å². The molecule has 0 aromatic carbocycles. The maximum atomic E-state index is 12.5. The monoisotopic (exact) mass is 346 g/mol. The third-order valence-corrected chi connectivity index (χ3v) is 5.49. The SMILES string of the molecule is CC(C)(CCC(=O)NC[C@@H]1CC=CCC1)C(=O)NC[C@@H]1CC=CCC1. The van der Waals surface area contributed by atoms with Crippen molar-refractivity contribution in [2.45, 2.75) is 65.2 Å². The summed E-state index contributed by atoms with van der Waals surface area (Å²) < 4.78 is 0. The molecule has 2 amide bonds. The number of hydrogen-bond acceptors (Lipinski definition) is 2. The molecule has 25 heavy (non-hydrogen) atoms. The van der Waals surface area contributed by atoms with Gasteiger partial charge in [0, 0.05) is 24.9 Å². The van der Waals surface area contributed by atoms with Crippen LogP contribution < -0.4 is 10.6 Å². The number of rotatable bonds is 8. The van der Waals surface area contributed by atoms with Gasteiger partial charge >= 0.3 is 0 Å². The van der Waals surface area contributed by atoms with Crippen molar-refractivity contribution in [3.63, 3.8) is 0 Å². The number of carbonyl (C=O) groups excluding carboxylic acids is 2. The first-order chi connectivity index (χ1) is 12.0. The van der Waals surface area contributed by atoms with E-state index in [1.54, 1.807) is 0 Å². The van der Waals surface area contributed by atoms with Crippen molar-refractivity contribution in [2.75, 3.05) is 13.1 Å². The molecule has 0 unspecified atom stereocenters. The van der Waals surface area contributed by atoms with Crippen LogP contribution in [-0.4, -0.2) is 24.9 Å². The summed E-state index contributed by atoms with van der Waals surface area (Å²) in [5.74, 6) is 1.24. The van der Waals surface area contributed by atoms with Gasteiger partial charge in [-0.1, -0.05) is 38.2 Å². The lowest BCUT2D eigenvalue weighted by Gasteiger charge is -2.26. The Morgan fingerprint density at radius 3 is 2.00 bits per heavy atom. The Morgan fingerprint density at radius 1 is 0.920 bits per heavy atom. The Kier molecular flexibility index (Phi) is 7.73. The maximum absolute atomic E-state index is 12.5. The zero-order valence-electron chi connectivity index (χ0n) is 15.9. The van der Waals surface area contributed by atoms with E-state index in [1.807, 2.05) is 13.8 Å². The molecule has 0 saturated heterocycles. The van der Waals surface area contributed by atoms with Gasteiger partial charge in [-0.2, -0.15) is 0 Å². The first-order valence-corrected chi connectivity index (χ1v) is 9.82. The van der Waals surface area contributed by atoms with E-state index in [4.69, 9.17) is 0 Å². The zero-order chi connectivity index (χ0) is 18.1. The number of allylic oxidation sites excluding steroid dienone is 4. The highest BCUT2D eigenvalue weighted by Crippen LogP contribution is 2.24. The van der Waals surface area contributed by atoms with E-state index in [0.29, 0.717) is 24.7 Å². The molecule has 0 spiro atoms. The van der Waals surface area contributed by atoms with Crippen molar-refractivity contribution in [1.29, 1.82) is 0 Å². The molecule has 2 atom stereocenters. The quantitative estimate of drug-likeness (QED) is 0.658. The van der Waals surface area contributed by atoms with Crippen LogP contribution in [0, 0.1) is 17.3 Å². The molecule has 4 heteroatoms. The second-order valence-corrected chi connectivity index (χ2v) is 8.20. The number of amides is 2. The van der Waals surface area contributed by atoms with E-state index in [-0.39, 0.29) is 11.8 Å². The molecule has 4 nitrogen and oxygen atoms in total. The molecule has 2 N–H and O–H groups in total. The molecule has 0 heterocycles. The largest absolute Gasteiger partial charge is 0.356 e. The first kappa shape index (κ1) is 19.7. The minimum atomic E-state index is -0.505. The fraction of sp³-hybridized carbons (Fsp3) is 0.714. The van der Waals surface area contributed by atoms with Gasteiger partial charge in [0.2, 0.25) is 11.8 Å². The summed E-state index contributed by atoms with van der Waals surface area (Å²) in [7, 11) is 0. The second-order valence-electron chi connectivity index (χ2n) is 8.20. The lowest BCUT2D eigenvalue weighted by atomic mass is 9.86. The number of carbonyl (C=O) groups is 2. The van der Waals surface area contributed by atoms with Gasteiger partial charge in [-0.25, -0.2) is 0 Å². The highest BCUT2D eigenvalue weighted by atomic mass is 16.2. The molecule has 0 saturated carbocycles. The molecule has 2 aliphatic carbocycles. The minimum Gasteiger partial charge on any atom is -0.356 e. The molecule has 0 aromatic heterocycles. The molecule has 0 aromatic rings. The van der Waals surface area contributed by atoms with Crippen LogP contribution in [0.25, 0.3) is 0 Å². The molecule has 0 fully saturated rings. The highest BCUT2D eigenvalue weighted by molar-refractivity contribution is 5.83. The van der Waals surface area contributed by atoms with Crippen LogP contribution >= 0.6 is 0 Å². The van der Waals surface area contributed by atoms with Crippen molar-refractivity contribution in [3.8, 4) is 0 Å². The molecule has 2 aliphatic rings. The van der Waals surface area contributed by atoms with Crippen LogP contribution in [0.4, 0.5) is 0 Å². The smallest absolute Gasteiger partial charge is 0.225 e. The average Bonchev–Trinajstić information content (AvgIpc) is 2.64. The van der Waals surface area contributed by atoms with Gasteiger partial charge in [0.15, 0.2) is 0 Å². The van der Waals surface area contributed by atoms with Crippen LogP contribution in [0.15, 0.2) is 24.3 Å². The zero-order valence-corrected chi connectivity index (χ0v) is 15.9. The minimum absolute atomic E-state index is 0.0623. The standard InChI is InChI=1S/C21H34N2O2/c1-21(2,20(25)23-16-18-11-7-4-8-12-18)14-13-19(24)22-15-17-9-5-3-6-10-17/h3-5,7,17-18H,6,8-16H2,1-2H3,(H,22,24)(H,23,25)/t17-,18-/m1/s1. The van der Waals surface area contributed by atoms with Gasteiger partial charge < -0.3 is 10.6 Å². The topological polar surface area (TPSA) is 58.2 Å². The third kappa shape index (κ3) is 7.05. The lowest BCUT2D eigenvalue weighted by molar-refractivity contribution is -0.130. The van der Waals surface area contributed by atoms with Crippen LogP contribution in [0.3, 0.4) is 0 Å². The van der Waals surface area contributed by atoms with Gasteiger partial charge in [0.1, 0.15) is 0 Å². The molecule has 0 aliphatic heterocycles. The molecule has 2 rings (SSSR count). The predicted molar refractivity (Wildman–Crippen MR) is 102 cm³/mol. The summed E-state index contributed by atoms with van der Waals surface area (Å²) >= 11 is 0. The average molecular weight is 347 g/mol. The molecule has 0 radical (unpaired) electrons. The summed E-state index contributed by atoms with van der Waals surface area (Å²) in [4.78, 5) is 24.5. The summed E-state index contributed by atoms with van der Waals surface area (Å²) in [6.07, 6.45) is 16.5. The summed E-state index contributed by atoms with van der Waals surface area (Å²) in [6.45, 7) is 5.36. The summed E-state index contributed by atoms with van der Waals surface area (Å²) in [5, 5.41) is 6.12. The van der Waals surface area contributed by atoms with Crippen molar-refractivity contribution in [1.82, 2.24) is 10.6 Å². The van der Waals surface area contributed by atoms with Crippen LogP contribution in [0.1, 0.15) is 65.2 Å². The van der Waals surface area contributed by atoms with E-state index in [0.717, 1.165) is 51.6 Å². The Morgan fingerprint density at radius 2 is 1.48 bits per heavy atom. The van der Waals surface area contributed by atoms with E-state index < -0.39 is 5.41 Å². The van der Waals surface area contributed by atoms with Gasteiger partial charge in [-0.15, -0.1) is 0 Å². The summed E-state index contributed by atoms with van der Waals surface area (Å²) in [6, 6.07) is 0. The fourth-order valence-electron chi connectivity index (χ4n) is 3.45. The Hall–Kier alpha value is -1.58. The lowest BCUT2D eigenvalue weighted by Crippen LogP contribution is -2.40. The van der Waals surface area contributed by atoms with Crippen molar-refractivity contribution in [2.24, 2.45) is 17.3 Å². The number of nitrogens with one attached hydrogen (secondary N) is 2. The molecular weight excluding hydrogens is 312 g/mol. The van der Waals surface area contributed by atoms with Crippen molar-refractivity contribution < 1.29 is 9.59 Å². The Bertz CT molecular complexity index is 508. The molecular formula is C21H34N2O2. The van der Waals surface area contributed by atoms with E-state index in [9.17, 15) is 9.59 Å². The van der Waals surface area contributed by atoms with Crippen LogP contribution in [0.5, 0.6) is 0 Å². The third-order valence-electron chi connectivity index (χ3n) is 5.49. The predicted octanol–water partition coefficient (Wildman–Crippen LogP) is 3.74. The van der Waals surface area contributed by atoms with Gasteiger partial charge in [0.05, 0.1) is 0 Å². The first-order valence-electron chi connectivity index (χ1n) is 9.82. The van der Waals surface area contributed by atoms with E-state index >= 15 is 0 Å². The van der Waals surface area contributed by atoms with Crippen molar-refractivity contribution in [3.05, 3.63) is 24.3 Å². The maximum Gasteiger partial charge on any atom is 0.225 e. The van der Waals surface area contributed by atoms with Gasteiger partial charge in [-0.3, -0.25) is 9.59 Å². The normalized spacial score (nSPS) is 23.3. The van der Waals surface area contributed by atoms with Crippen LogP contribution in [0.2, 0.25) is 0 Å². The molecule has 140 valence electrons. The molecule has 0 bridgehead atoms. The second kappa shape index (κ2) is 9.79. The van der Waals surface area contributed by atoms with Gasteiger partial charge in [0.25, 0.3) is 0 Å². The fourth-order valence-corrected chi connectivity index (χ4v) is 3.45. The summed E-state index contributed by atoms with van der Waals surface area (Å²) in [5.41, 5.74) is -0.505. The van der Waals surface area contributed by atoms with Crippen molar-refractivity contribution >= 4 is 11.8 Å². The number of hydrogen-bond donors (Lipinski definition) is 2. The van der Waals surface area contributed by atoms with Gasteiger partial charge in [-0.05, 0) is 56.8 Å².